The van der Waals surface area contributed by atoms with Gasteiger partial charge in [-0.05, 0) is 34.6 Å². The first-order valence-corrected chi connectivity index (χ1v) is 5.14. The molecule has 0 saturated carbocycles. The van der Waals surface area contributed by atoms with E-state index in [4.69, 9.17) is 0 Å². The summed E-state index contributed by atoms with van der Waals surface area (Å²) < 4.78 is 0. The molecule has 0 radical (unpaired) electrons. The second-order valence-electron chi connectivity index (χ2n) is 3.73. The number of benzene rings is 1. The molecule has 1 heterocycles. The molecule has 1 aliphatic rings. The molecule has 0 bridgehead atoms. The molecule has 2 aromatic rings. The summed E-state index contributed by atoms with van der Waals surface area (Å²) in [5, 5.41) is 2.56. The summed E-state index contributed by atoms with van der Waals surface area (Å²) in [6.45, 7) is 0. The van der Waals surface area contributed by atoms with Crippen LogP contribution in [-0.2, 0) is 6.42 Å². The Morgan fingerprint density at radius 3 is 2.73 bits per heavy atom. The van der Waals surface area contributed by atoms with Crippen LogP contribution in [0.1, 0.15) is 11.3 Å². The molecule has 1 heteroatoms. The number of pyridine rings is 1. The molecule has 0 aliphatic heterocycles. The molecule has 0 unspecified atom stereocenters. The van der Waals surface area contributed by atoms with Crippen LogP contribution in [0.25, 0.3) is 12.2 Å². The summed E-state index contributed by atoms with van der Waals surface area (Å²) >= 11 is 0. The molecule has 0 fully saturated rings. The van der Waals surface area contributed by atoms with Gasteiger partial charge in [-0.3, -0.25) is 4.98 Å². The Morgan fingerprint density at radius 2 is 1.80 bits per heavy atom. The minimum absolute atomic E-state index is 0.969. The van der Waals surface area contributed by atoms with E-state index in [0.717, 1.165) is 12.1 Å². The summed E-state index contributed by atoms with van der Waals surface area (Å²) in [5.41, 5.74) is 2.40. The van der Waals surface area contributed by atoms with Gasteiger partial charge in [0.15, 0.2) is 0 Å². The van der Waals surface area contributed by atoms with Gasteiger partial charge in [-0.25, -0.2) is 0 Å². The van der Waals surface area contributed by atoms with Gasteiger partial charge in [0, 0.05) is 6.20 Å². The van der Waals surface area contributed by atoms with Crippen molar-refractivity contribution < 1.29 is 0 Å². The van der Waals surface area contributed by atoms with E-state index in [9.17, 15) is 0 Å². The zero-order chi connectivity index (χ0) is 10.1. The first-order chi connectivity index (χ1) is 7.43. The van der Waals surface area contributed by atoms with Crippen molar-refractivity contribution in [2.75, 3.05) is 0 Å². The highest BCUT2D eigenvalue weighted by molar-refractivity contribution is 5.55. The monoisotopic (exact) mass is 193 g/mol. The van der Waals surface area contributed by atoms with Gasteiger partial charge < -0.3 is 0 Å². The van der Waals surface area contributed by atoms with Crippen molar-refractivity contribution in [1.82, 2.24) is 4.98 Å². The van der Waals surface area contributed by atoms with E-state index in [0.29, 0.717) is 0 Å². The third-order valence-electron chi connectivity index (χ3n) is 2.76. The van der Waals surface area contributed by atoms with Crippen molar-refractivity contribution in [2.45, 2.75) is 6.42 Å². The van der Waals surface area contributed by atoms with E-state index in [1.54, 1.807) is 0 Å². The molecule has 3 rings (SSSR count). The lowest BCUT2D eigenvalue weighted by molar-refractivity contribution is 1.20. The first-order valence-electron chi connectivity index (χ1n) is 5.14. The molecular formula is C14H11N. The molecule has 0 spiro atoms. The van der Waals surface area contributed by atoms with Crippen LogP contribution in [0.15, 0.2) is 42.6 Å². The minimum atomic E-state index is 0.969. The van der Waals surface area contributed by atoms with Crippen molar-refractivity contribution in [1.29, 1.82) is 0 Å². The summed E-state index contributed by atoms with van der Waals surface area (Å²) in [7, 11) is 0. The van der Waals surface area contributed by atoms with Crippen molar-refractivity contribution in [3.8, 4) is 0 Å². The predicted octanol–water partition coefficient (Wildman–Crippen LogP) is 1.25. The second kappa shape index (κ2) is 3.35. The molecule has 1 aliphatic carbocycles. The number of fused-ring (bicyclic) bond motifs is 2. The Hall–Kier alpha value is -1.89. The van der Waals surface area contributed by atoms with E-state index in [1.165, 1.54) is 16.0 Å². The van der Waals surface area contributed by atoms with Crippen molar-refractivity contribution in [3.63, 3.8) is 0 Å². The van der Waals surface area contributed by atoms with Crippen LogP contribution in [0, 0.1) is 0 Å². The van der Waals surface area contributed by atoms with Crippen LogP contribution < -0.4 is 10.4 Å². The fourth-order valence-corrected chi connectivity index (χ4v) is 1.95. The van der Waals surface area contributed by atoms with E-state index in [-0.39, 0.29) is 0 Å². The normalized spacial score (nSPS) is 12.8. The van der Waals surface area contributed by atoms with E-state index in [1.807, 2.05) is 12.3 Å². The molecule has 0 N–H and O–H groups in total. The standard InChI is InChI=1S/C14H11N/c1-2-5-13-10-14-12(6-3-9-15-14)8-7-11(13)4-1/h1-7,9-10H,8H2. The van der Waals surface area contributed by atoms with Crippen molar-refractivity contribution in [3.05, 3.63) is 64.3 Å². The Morgan fingerprint density at radius 1 is 0.933 bits per heavy atom. The van der Waals surface area contributed by atoms with E-state index >= 15 is 0 Å². The van der Waals surface area contributed by atoms with Crippen LogP contribution in [0.5, 0.6) is 0 Å². The number of rotatable bonds is 0. The predicted molar refractivity (Wildman–Crippen MR) is 61.7 cm³/mol. The molecule has 72 valence electrons. The van der Waals surface area contributed by atoms with Gasteiger partial charge in [0.1, 0.15) is 0 Å². The maximum atomic E-state index is 4.40. The van der Waals surface area contributed by atoms with Gasteiger partial charge >= 0.3 is 0 Å². The van der Waals surface area contributed by atoms with Crippen LogP contribution in [0.2, 0.25) is 0 Å². The minimum Gasteiger partial charge on any atom is -0.257 e. The number of hydrogen-bond acceptors (Lipinski definition) is 1. The Labute approximate surface area is 88.4 Å². The number of nitrogens with zero attached hydrogens (tertiary/aromatic N) is 1. The molecule has 0 atom stereocenters. The molecule has 0 amide bonds. The Balaban J connectivity index is 2.36. The highest BCUT2D eigenvalue weighted by atomic mass is 14.7. The lowest BCUT2D eigenvalue weighted by Gasteiger charge is -1.98. The van der Waals surface area contributed by atoms with E-state index in [2.05, 4.69) is 47.5 Å². The quantitative estimate of drug-likeness (QED) is 0.613. The lowest BCUT2D eigenvalue weighted by atomic mass is 10.1. The molecule has 1 aromatic heterocycles. The summed E-state index contributed by atoms with van der Waals surface area (Å²) in [6.07, 6.45) is 7.24. The average Bonchev–Trinajstić information content (AvgIpc) is 2.48. The van der Waals surface area contributed by atoms with Crippen LogP contribution >= 0.6 is 0 Å². The smallest absolute Gasteiger partial charge is 0.0670 e. The molecular weight excluding hydrogens is 182 g/mol. The van der Waals surface area contributed by atoms with Crippen LogP contribution in [0.3, 0.4) is 0 Å². The molecule has 15 heavy (non-hydrogen) atoms. The summed E-state index contributed by atoms with van der Waals surface area (Å²) in [4.78, 5) is 4.40. The zero-order valence-corrected chi connectivity index (χ0v) is 8.35. The van der Waals surface area contributed by atoms with Gasteiger partial charge in [-0.2, -0.15) is 0 Å². The van der Waals surface area contributed by atoms with E-state index < -0.39 is 0 Å². The number of aromatic nitrogens is 1. The van der Waals surface area contributed by atoms with Gasteiger partial charge in [0.2, 0.25) is 0 Å². The van der Waals surface area contributed by atoms with Gasteiger partial charge in [0.05, 0.1) is 5.69 Å². The topological polar surface area (TPSA) is 12.9 Å². The Kier molecular flexibility index (Phi) is 1.88. The molecule has 1 aromatic carbocycles. The fourth-order valence-electron chi connectivity index (χ4n) is 1.95. The van der Waals surface area contributed by atoms with Crippen LogP contribution in [-0.4, -0.2) is 4.98 Å². The third kappa shape index (κ3) is 1.46. The van der Waals surface area contributed by atoms with Gasteiger partial charge in [0.25, 0.3) is 0 Å². The molecule has 0 saturated heterocycles. The van der Waals surface area contributed by atoms with Crippen molar-refractivity contribution in [2.24, 2.45) is 0 Å². The summed E-state index contributed by atoms with van der Waals surface area (Å²) in [6, 6.07) is 12.6. The maximum absolute atomic E-state index is 4.40. The summed E-state index contributed by atoms with van der Waals surface area (Å²) in [5.74, 6) is 0. The fraction of sp³-hybridized carbons (Fsp3) is 0.0714. The first kappa shape index (κ1) is 8.42. The third-order valence-corrected chi connectivity index (χ3v) is 2.76. The SMILES string of the molecule is C1=c2ccccc2=Cc2ncccc2C1. The highest BCUT2D eigenvalue weighted by Crippen LogP contribution is 2.08. The zero-order valence-electron chi connectivity index (χ0n) is 8.35. The second-order valence-corrected chi connectivity index (χ2v) is 3.73. The number of hydrogen-bond donors (Lipinski definition) is 0. The Bertz CT molecular complexity index is 611. The largest absolute Gasteiger partial charge is 0.257 e. The molecule has 1 nitrogen and oxygen atoms in total. The van der Waals surface area contributed by atoms with Crippen molar-refractivity contribution >= 4 is 12.2 Å². The maximum Gasteiger partial charge on any atom is 0.0670 e. The van der Waals surface area contributed by atoms with Gasteiger partial charge in [-0.1, -0.05) is 36.4 Å². The average molecular weight is 193 g/mol. The van der Waals surface area contributed by atoms with Crippen LogP contribution in [0.4, 0.5) is 0 Å². The lowest BCUT2D eigenvalue weighted by Crippen LogP contribution is -2.22. The van der Waals surface area contributed by atoms with Gasteiger partial charge in [-0.15, -0.1) is 0 Å². The highest BCUT2D eigenvalue weighted by Gasteiger charge is 2.01.